The van der Waals surface area contributed by atoms with E-state index in [-0.39, 0.29) is 29.8 Å². The Hall–Kier alpha value is -2.44. The quantitative estimate of drug-likeness (QED) is 0.463. The number of piperidine rings is 1. The van der Waals surface area contributed by atoms with Crippen LogP contribution in [0, 0.1) is 5.92 Å². The van der Waals surface area contributed by atoms with Crippen LogP contribution in [0.5, 0.6) is 17.2 Å². The van der Waals surface area contributed by atoms with Crippen molar-refractivity contribution in [2.24, 2.45) is 5.92 Å². The van der Waals surface area contributed by atoms with Crippen LogP contribution in [0.15, 0.2) is 12.1 Å². The zero-order chi connectivity index (χ0) is 24.7. The molecule has 1 saturated heterocycles. The molecule has 1 heterocycles. The maximum atomic E-state index is 14.2. The minimum Gasteiger partial charge on any atom is -0.493 e. The van der Waals surface area contributed by atoms with Crippen LogP contribution in [-0.2, 0) is 14.3 Å². The molecule has 3 atom stereocenters. The van der Waals surface area contributed by atoms with Gasteiger partial charge in [0, 0.05) is 6.54 Å². The average Bonchev–Trinajstić information content (AvgIpc) is 2.88. The molecule has 34 heavy (non-hydrogen) atoms. The van der Waals surface area contributed by atoms with Crippen molar-refractivity contribution in [3.63, 3.8) is 0 Å². The summed E-state index contributed by atoms with van der Waals surface area (Å²) in [4.78, 5) is 29.0. The van der Waals surface area contributed by atoms with E-state index in [4.69, 9.17) is 18.9 Å². The van der Waals surface area contributed by atoms with Gasteiger partial charge in [-0.05, 0) is 69.1 Å². The lowest BCUT2D eigenvalue weighted by molar-refractivity contribution is -0.161. The summed E-state index contributed by atoms with van der Waals surface area (Å²) in [5.41, 5.74) is 0.853. The van der Waals surface area contributed by atoms with Crippen LogP contribution in [0.25, 0.3) is 0 Å². The fourth-order valence-corrected chi connectivity index (χ4v) is 5.34. The molecule has 190 valence electrons. The largest absolute Gasteiger partial charge is 0.493 e. The number of carbonyl (C=O) groups is 2. The number of amides is 1. The molecule has 0 aromatic heterocycles. The standard InChI is InChI=1S/C27H41NO6/c1-6-18(2)34-27(30)21-14-10-11-15-28(21)26(29)24(19-12-8-7-9-13-19)20-16-22(31-3)25(33-5)23(17-20)32-4/h16-19,21,24H,6-15H2,1-5H3/t18-,21+,24-/m0/s1. The number of rotatable bonds is 9. The lowest BCUT2D eigenvalue weighted by atomic mass is 9.75. The fraction of sp³-hybridized carbons (Fsp3) is 0.704. The minimum atomic E-state index is -0.525. The van der Waals surface area contributed by atoms with Crippen LogP contribution in [0.2, 0.25) is 0 Å². The number of hydrogen-bond donors (Lipinski definition) is 0. The van der Waals surface area contributed by atoms with Crippen molar-refractivity contribution in [1.82, 2.24) is 4.90 Å². The summed E-state index contributed by atoms with van der Waals surface area (Å²) in [6, 6.07) is 3.27. The Kier molecular flexibility index (Phi) is 9.48. The predicted molar refractivity (Wildman–Crippen MR) is 131 cm³/mol. The Morgan fingerprint density at radius 3 is 2.12 bits per heavy atom. The lowest BCUT2D eigenvalue weighted by Crippen LogP contribution is -2.51. The van der Waals surface area contributed by atoms with Gasteiger partial charge in [-0.15, -0.1) is 0 Å². The van der Waals surface area contributed by atoms with Gasteiger partial charge in [-0.1, -0.05) is 26.2 Å². The summed E-state index contributed by atoms with van der Waals surface area (Å²) in [5, 5.41) is 0. The van der Waals surface area contributed by atoms with Crippen LogP contribution in [0.4, 0.5) is 0 Å². The van der Waals surface area contributed by atoms with Gasteiger partial charge in [0.2, 0.25) is 11.7 Å². The number of ether oxygens (including phenoxy) is 4. The van der Waals surface area contributed by atoms with Crippen molar-refractivity contribution in [3.8, 4) is 17.2 Å². The number of nitrogens with zero attached hydrogens (tertiary/aromatic N) is 1. The Morgan fingerprint density at radius 2 is 1.56 bits per heavy atom. The van der Waals surface area contributed by atoms with Crippen molar-refractivity contribution in [2.45, 2.75) is 89.7 Å². The number of carbonyl (C=O) groups excluding carboxylic acids is 2. The average molecular weight is 476 g/mol. The molecular formula is C27H41NO6. The van der Waals surface area contributed by atoms with Gasteiger partial charge < -0.3 is 23.8 Å². The van der Waals surface area contributed by atoms with Gasteiger partial charge in [0.05, 0.1) is 33.4 Å². The molecule has 2 fully saturated rings. The molecule has 0 spiro atoms. The summed E-state index contributed by atoms with van der Waals surface area (Å²) in [6.07, 6.45) is 8.45. The second kappa shape index (κ2) is 12.3. The predicted octanol–water partition coefficient (Wildman–Crippen LogP) is 5.10. The van der Waals surface area contributed by atoms with Gasteiger partial charge in [0.15, 0.2) is 11.5 Å². The Bertz CT molecular complexity index is 809. The van der Waals surface area contributed by atoms with E-state index in [1.54, 1.807) is 26.2 Å². The molecule has 0 unspecified atom stereocenters. The van der Waals surface area contributed by atoms with E-state index in [1.807, 2.05) is 26.0 Å². The highest BCUT2D eigenvalue weighted by Crippen LogP contribution is 2.45. The third-order valence-corrected chi connectivity index (χ3v) is 7.38. The molecule has 1 saturated carbocycles. The van der Waals surface area contributed by atoms with E-state index in [0.717, 1.165) is 50.5 Å². The van der Waals surface area contributed by atoms with Gasteiger partial charge in [-0.2, -0.15) is 0 Å². The summed E-state index contributed by atoms with van der Waals surface area (Å²) in [7, 11) is 4.75. The molecule has 2 aliphatic rings. The normalized spacial score (nSPS) is 20.9. The third-order valence-electron chi connectivity index (χ3n) is 7.38. The van der Waals surface area contributed by atoms with Gasteiger partial charge in [0.1, 0.15) is 6.04 Å². The smallest absolute Gasteiger partial charge is 0.329 e. The molecule has 1 aromatic carbocycles. The monoisotopic (exact) mass is 475 g/mol. The molecule has 1 aromatic rings. The Morgan fingerprint density at radius 1 is 0.941 bits per heavy atom. The van der Waals surface area contributed by atoms with E-state index in [9.17, 15) is 9.59 Å². The highest BCUT2D eigenvalue weighted by molar-refractivity contribution is 5.89. The van der Waals surface area contributed by atoms with Gasteiger partial charge in [-0.3, -0.25) is 4.79 Å². The molecule has 0 N–H and O–H groups in total. The number of benzene rings is 1. The first-order valence-corrected chi connectivity index (χ1v) is 12.8. The topological polar surface area (TPSA) is 74.3 Å². The number of hydrogen-bond acceptors (Lipinski definition) is 6. The van der Waals surface area contributed by atoms with Crippen molar-refractivity contribution in [3.05, 3.63) is 17.7 Å². The maximum absolute atomic E-state index is 14.2. The maximum Gasteiger partial charge on any atom is 0.329 e. The van der Waals surface area contributed by atoms with E-state index in [2.05, 4.69) is 0 Å². The number of esters is 1. The highest BCUT2D eigenvalue weighted by atomic mass is 16.5. The second-order valence-corrected chi connectivity index (χ2v) is 9.53. The highest BCUT2D eigenvalue weighted by Gasteiger charge is 2.41. The van der Waals surface area contributed by atoms with Gasteiger partial charge >= 0.3 is 5.97 Å². The zero-order valence-corrected chi connectivity index (χ0v) is 21.4. The van der Waals surface area contributed by atoms with E-state index in [0.29, 0.717) is 30.2 Å². The van der Waals surface area contributed by atoms with Crippen molar-refractivity contribution >= 4 is 11.9 Å². The van der Waals surface area contributed by atoms with Crippen molar-refractivity contribution in [2.75, 3.05) is 27.9 Å². The molecule has 1 aliphatic carbocycles. The molecule has 1 amide bonds. The Labute approximate surface area is 204 Å². The van der Waals surface area contributed by atoms with E-state index >= 15 is 0 Å². The van der Waals surface area contributed by atoms with Crippen LogP contribution in [0.3, 0.4) is 0 Å². The molecule has 0 bridgehead atoms. The SMILES string of the molecule is CC[C@H](C)OC(=O)[C@H]1CCCCN1C(=O)[C@H](c1cc(OC)c(OC)c(OC)c1)C1CCCCC1. The number of methoxy groups -OCH3 is 3. The minimum absolute atomic E-state index is 0.00646. The third kappa shape index (κ3) is 5.78. The molecule has 3 rings (SSSR count). The van der Waals surface area contributed by atoms with Crippen molar-refractivity contribution in [1.29, 1.82) is 0 Å². The summed E-state index contributed by atoms with van der Waals surface area (Å²) in [5.74, 6) is 1.15. The molecule has 0 radical (unpaired) electrons. The Balaban J connectivity index is 2.00. The van der Waals surface area contributed by atoms with Crippen LogP contribution >= 0.6 is 0 Å². The zero-order valence-electron chi connectivity index (χ0n) is 21.4. The van der Waals surface area contributed by atoms with Crippen LogP contribution < -0.4 is 14.2 Å². The lowest BCUT2D eigenvalue weighted by Gasteiger charge is -2.39. The first-order chi connectivity index (χ1) is 16.4. The first-order valence-electron chi connectivity index (χ1n) is 12.8. The van der Waals surface area contributed by atoms with Crippen molar-refractivity contribution < 1.29 is 28.5 Å². The van der Waals surface area contributed by atoms with E-state index < -0.39 is 6.04 Å². The summed E-state index contributed by atoms with van der Waals surface area (Å²) < 4.78 is 22.4. The molecular weight excluding hydrogens is 434 g/mol. The summed E-state index contributed by atoms with van der Waals surface area (Å²) >= 11 is 0. The molecule has 7 nitrogen and oxygen atoms in total. The molecule has 1 aliphatic heterocycles. The van der Waals surface area contributed by atoms with Crippen LogP contribution in [0.1, 0.15) is 83.1 Å². The number of likely N-dealkylation sites (tertiary alicyclic amines) is 1. The van der Waals surface area contributed by atoms with Crippen LogP contribution in [-0.4, -0.2) is 56.8 Å². The first kappa shape index (κ1) is 26.2. The van der Waals surface area contributed by atoms with Gasteiger partial charge in [-0.25, -0.2) is 4.79 Å². The van der Waals surface area contributed by atoms with E-state index in [1.165, 1.54) is 6.42 Å². The summed E-state index contributed by atoms with van der Waals surface area (Å²) in [6.45, 7) is 4.46. The molecule has 7 heteroatoms. The van der Waals surface area contributed by atoms with Gasteiger partial charge in [0.25, 0.3) is 0 Å². The fourth-order valence-electron chi connectivity index (χ4n) is 5.34. The second-order valence-electron chi connectivity index (χ2n) is 9.53.